The molecule has 4 aliphatic rings. The Labute approximate surface area is 119 Å². The quantitative estimate of drug-likeness (QED) is 0.915. The molecule has 1 aromatic rings. The Morgan fingerprint density at radius 1 is 1.16 bits per heavy atom. The predicted octanol–water partition coefficient (Wildman–Crippen LogP) is 3.63. The fourth-order valence-corrected chi connectivity index (χ4v) is 6.67. The Kier molecular flexibility index (Phi) is 2.79. The maximum Gasteiger partial charge on any atom is 0.0993 e. The smallest absolute Gasteiger partial charge is 0.0993 e. The Morgan fingerprint density at radius 2 is 1.74 bits per heavy atom. The first-order valence-electron chi connectivity index (χ1n) is 7.91. The summed E-state index contributed by atoms with van der Waals surface area (Å²) in [5.41, 5.74) is 7.63. The number of nitrogens with zero attached hydrogens (tertiary/aromatic N) is 1. The SMILES string of the molecule is CCc1nc(C23CC4CC(CC(C4)C2)C3)sc1CN. The third-order valence-corrected chi connectivity index (χ3v) is 7.16. The lowest BCUT2D eigenvalue weighted by Gasteiger charge is -2.56. The van der Waals surface area contributed by atoms with Crippen molar-refractivity contribution in [2.24, 2.45) is 23.5 Å². The summed E-state index contributed by atoms with van der Waals surface area (Å²) in [5.74, 6) is 3.00. The van der Waals surface area contributed by atoms with E-state index in [-0.39, 0.29) is 0 Å². The van der Waals surface area contributed by atoms with Gasteiger partial charge < -0.3 is 5.73 Å². The first kappa shape index (κ1) is 12.3. The van der Waals surface area contributed by atoms with Gasteiger partial charge in [-0.1, -0.05) is 6.92 Å². The molecule has 4 fully saturated rings. The van der Waals surface area contributed by atoms with Gasteiger partial charge in [-0.15, -0.1) is 11.3 Å². The first-order chi connectivity index (χ1) is 9.22. The minimum absolute atomic E-state index is 0.455. The van der Waals surface area contributed by atoms with Gasteiger partial charge in [-0.2, -0.15) is 0 Å². The first-order valence-corrected chi connectivity index (χ1v) is 8.73. The van der Waals surface area contributed by atoms with Gasteiger partial charge in [-0.3, -0.25) is 0 Å². The fraction of sp³-hybridized carbons (Fsp3) is 0.812. The predicted molar refractivity (Wildman–Crippen MR) is 79.2 cm³/mol. The van der Waals surface area contributed by atoms with Crippen LogP contribution in [0.3, 0.4) is 0 Å². The standard InChI is InChI=1S/C16H24N2S/c1-2-13-14(9-17)19-15(18-13)16-6-10-3-11(7-16)5-12(4-10)8-16/h10-12H,2-9,17H2,1H3. The molecule has 1 heterocycles. The summed E-state index contributed by atoms with van der Waals surface area (Å²) in [7, 11) is 0. The van der Waals surface area contributed by atoms with Gasteiger partial charge in [0.25, 0.3) is 0 Å². The van der Waals surface area contributed by atoms with E-state index < -0.39 is 0 Å². The average Bonchev–Trinajstić information content (AvgIpc) is 2.81. The molecule has 0 aromatic carbocycles. The molecule has 0 amide bonds. The fourth-order valence-electron chi connectivity index (χ4n) is 5.42. The van der Waals surface area contributed by atoms with Crippen molar-refractivity contribution in [1.82, 2.24) is 4.98 Å². The summed E-state index contributed by atoms with van der Waals surface area (Å²) in [4.78, 5) is 6.37. The molecule has 4 aliphatic carbocycles. The van der Waals surface area contributed by atoms with Crippen LogP contribution in [0.1, 0.15) is 61.0 Å². The van der Waals surface area contributed by atoms with Crippen LogP contribution in [0.4, 0.5) is 0 Å². The second-order valence-corrected chi connectivity index (χ2v) is 8.23. The van der Waals surface area contributed by atoms with Crippen molar-refractivity contribution >= 4 is 11.3 Å². The third-order valence-electron chi connectivity index (χ3n) is 5.79. The molecule has 4 bridgehead atoms. The van der Waals surface area contributed by atoms with Crippen molar-refractivity contribution in [2.75, 3.05) is 0 Å². The zero-order valence-electron chi connectivity index (χ0n) is 11.8. The number of hydrogen-bond acceptors (Lipinski definition) is 3. The number of rotatable bonds is 3. The van der Waals surface area contributed by atoms with E-state index in [2.05, 4.69) is 6.92 Å². The number of nitrogens with two attached hydrogens (primary N) is 1. The van der Waals surface area contributed by atoms with Crippen LogP contribution < -0.4 is 5.73 Å². The lowest BCUT2D eigenvalue weighted by atomic mass is 9.50. The zero-order chi connectivity index (χ0) is 13.0. The Morgan fingerprint density at radius 3 is 2.16 bits per heavy atom. The minimum atomic E-state index is 0.455. The van der Waals surface area contributed by atoms with Crippen LogP contribution in [-0.4, -0.2) is 4.98 Å². The third kappa shape index (κ3) is 1.81. The molecule has 0 aliphatic heterocycles. The van der Waals surface area contributed by atoms with Crippen molar-refractivity contribution < 1.29 is 0 Å². The van der Waals surface area contributed by atoms with E-state index in [1.807, 2.05) is 11.3 Å². The van der Waals surface area contributed by atoms with E-state index >= 15 is 0 Å². The van der Waals surface area contributed by atoms with Gasteiger partial charge in [0.1, 0.15) is 0 Å². The Bertz CT molecular complexity index is 434. The number of hydrogen-bond donors (Lipinski definition) is 1. The molecular formula is C16H24N2S. The normalized spacial score (nSPS) is 40.0. The minimum Gasteiger partial charge on any atom is -0.326 e. The van der Waals surface area contributed by atoms with Gasteiger partial charge >= 0.3 is 0 Å². The molecule has 0 atom stereocenters. The van der Waals surface area contributed by atoms with Gasteiger partial charge in [0, 0.05) is 16.8 Å². The van der Waals surface area contributed by atoms with Gasteiger partial charge in [0.15, 0.2) is 0 Å². The molecule has 19 heavy (non-hydrogen) atoms. The molecule has 1 aromatic heterocycles. The monoisotopic (exact) mass is 276 g/mol. The van der Waals surface area contributed by atoms with Crippen LogP contribution in [0.5, 0.6) is 0 Å². The summed E-state index contributed by atoms with van der Waals surface area (Å²) in [5, 5.41) is 1.45. The summed E-state index contributed by atoms with van der Waals surface area (Å²) in [6.07, 6.45) is 9.81. The van der Waals surface area contributed by atoms with Gasteiger partial charge in [-0.25, -0.2) is 4.98 Å². The maximum atomic E-state index is 5.90. The highest BCUT2D eigenvalue weighted by Gasteiger charge is 2.53. The highest BCUT2D eigenvalue weighted by Crippen LogP contribution is 2.61. The summed E-state index contributed by atoms with van der Waals surface area (Å²) in [6.45, 7) is 2.88. The molecule has 2 N–H and O–H groups in total. The summed E-state index contributed by atoms with van der Waals surface area (Å²) < 4.78 is 0. The lowest BCUT2D eigenvalue weighted by molar-refractivity contribution is -0.00533. The van der Waals surface area contributed by atoms with Crippen LogP contribution in [-0.2, 0) is 18.4 Å². The van der Waals surface area contributed by atoms with Crippen molar-refractivity contribution in [3.8, 4) is 0 Å². The van der Waals surface area contributed by atoms with E-state index in [4.69, 9.17) is 10.7 Å². The van der Waals surface area contributed by atoms with E-state index in [1.54, 1.807) is 0 Å². The molecule has 0 saturated heterocycles. The van der Waals surface area contributed by atoms with E-state index in [0.29, 0.717) is 12.0 Å². The molecule has 0 radical (unpaired) electrons. The lowest BCUT2D eigenvalue weighted by Crippen LogP contribution is -2.48. The molecule has 3 heteroatoms. The zero-order valence-corrected chi connectivity index (χ0v) is 12.6. The maximum absolute atomic E-state index is 5.90. The van der Waals surface area contributed by atoms with Gasteiger partial charge in [0.05, 0.1) is 10.7 Å². The van der Waals surface area contributed by atoms with Crippen LogP contribution >= 0.6 is 11.3 Å². The molecular weight excluding hydrogens is 252 g/mol. The number of thiazole rings is 1. The molecule has 0 spiro atoms. The second kappa shape index (κ2) is 4.29. The van der Waals surface area contributed by atoms with Crippen LogP contribution in [0.15, 0.2) is 0 Å². The molecule has 104 valence electrons. The van der Waals surface area contributed by atoms with Crippen LogP contribution in [0, 0.1) is 17.8 Å². The van der Waals surface area contributed by atoms with E-state index in [9.17, 15) is 0 Å². The van der Waals surface area contributed by atoms with Crippen LogP contribution in [0.2, 0.25) is 0 Å². The molecule has 4 saturated carbocycles. The largest absolute Gasteiger partial charge is 0.326 e. The summed E-state index contributed by atoms with van der Waals surface area (Å²) >= 11 is 1.94. The molecule has 5 rings (SSSR count). The van der Waals surface area contributed by atoms with Gasteiger partial charge in [-0.05, 0) is 62.7 Å². The van der Waals surface area contributed by atoms with E-state index in [1.165, 1.54) is 54.1 Å². The van der Waals surface area contributed by atoms with Crippen molar-refractivity contribution in [2.45, 2.75) is 63.8 Å². The second-order valence-electron chi connectivity index (χ2n) is 7.14. The highest BCUT2D eigenvalue weighted by molar-refractivity contribution is 7.11. The van der Waals surface area contributed by atoms with E-state index in [0.717, 1.165) is 24.2 Å². The van der Waals surface area contributed by atoms with Crippen molar-refractivity contribution in [3.05, 3.63) is 15.6 Å². The molecule has 0 unspecified atom stereocenters. The Balaban J connectivity index is 1.73. The average molecular weight is 276 g/mol. The van der Waals surface area contributed by atoms with Crippen molar-refractivity contribution in [1.29, 1.82) is 0 Å². The summed E-state index contributed by atoms with van der Waals surface area (Å²) in [6, 6.07) is 0. The topological polar surface area (TPSA) is 38.9 Å². The van der Waals surface area contributed by atoms with Crippen molar-refractivity contribution in [3.63, 3.8) is 0 Å². The highest BCUT2D eigenvalue weighted by atomic mass is 32.1. The Hall–Kier alpha value is -0.410. The molecule has 2 nitrogen and oxygen atoms in total. The van der Waals surface area contributed by atoms with Gasteiger partial charge in [0.2, 0.25) is 0 Å². The number of aryl methyl sites for hydroxylation is 1. The number of aromatic nitrogens is 1. The van der Waals surface area contributed by atoms with Crippen LogP contribution in [0.25, 0.3) is 0 Å².